The Morgan fingerprint density at radius 2 is 2.06 bits per heavy atom. The first-order valence-corrected chi connectivity index (χ1v) is 6.04. The minimum atomic E-state index is 0.0762. The Morgan fingerprint density at radius 3 is 2.56 bits per heavy atom. The number of hydrogen-bond donors (Lipinski definition) is 1. The van der Waals surface area contributed by atoms with Gasteiger partial charge in [-0.2, -0.15) is 5.10 Å². The zero-order valence-electron chi connectivity index (χ0n) is 10.5. The van der Waals surface area contributed by atoms with Crippen LogP contribution in [0, 0.1) is 0 Å². The second-order valence-corrected chi connectivity index (χ2v) is 4.73. The fourth-order valence-electron chi connectivity index (χ4n) is 1.61. The van der Waals surface area contributed by atoms with Crippen LogP contribution in [0.1, 0.15) is 13.8 Å². The van der Waals surface area contributed by atoms with Crippen LogP contribution in [-0.4, -0.2) is 21.0 Å². The first kappa shape index (κ1) is 12.8. The molecule has 1 heterocycles. The fourth-order valence-corrected chi connectivity index (χ4v) is 1.83. The Morgan fingerprint density at radius 1 is 1.33 bits per heavy atom. The van der Waals surface area contributed by atoms with Crippen LogP contribution in [0.15, 0.2) is 24.3 Å². The molecule has 96 valence electrons. The van der Waals surface area contributed by atoms with Gasteiger partial charge in [0.2, 0.25) is 5.88 Å². The molecule has 5 heteroatoms. The van der Waals surface area contributed by atoms with Gasteiger partial charge >= 0.3 is 0 Å². The summed E-state index contributed by atoms with van der Waals surface area (Å²) in [6, 6.07) is 7.05. The molecular weight excluding hydrogens is 252 g/mol. The van der Waals surface area contributed by atoms with Crippen LogP contribution in [-0.2, 0) is 7.05 Å². The number of aryl methyl sites for hydroxylation is 1. The summed E-state index contributed by atoms with van der Waals surface area (Å²) in [6.07, 6.45) is 0.0762. The molecule has 0 bridgehead atoms. The van der Waals surface area contributed by atoms with Crippen molar-refractivity contribution in [3.05, 3.63) is 29.3 Å². The predicted molar refractivity (Wildman–Crippen MR) is 71.1 cm³/mol. The summed E-state index contributed by atoms with van der Waals surface area (Å²) in [6.45, 7) is 3.89. The van der Waals surface area contributed by atoms with E-state index in [2.05, 4.69) is 5.10 Å². The minimum absolute atomic E-state index is 0.0762. The third kappa shape index (κ3) is 2.59. The summed E-state index contributed by atoms with van der Waals surface area (Å²) in [5, 5.41) is 14.2. The van der Waals surface area contributed by atoms with Gasteiger partial charge in [0.05, 0.1) is 16.8 Å². The van der Waals surface area contributed by atoms with E-state index in [0.717, 1.165) is 5.56 Å². The third-order valence-electron chi connectivity index (χ3n) is 2.45. The highest BCUT2D eigenvalue weighted by atomic mass is 35.5. The summed E-state index contributed by atoms with van der Waals surface area (Å²) in [7, 11) is 1.68. The monoisotopic (exact) mass is 266 g/mol. The van der Waals surface area contributed by atoms with Crippen LogP contribution in [0.5, 0.6) is 11.6 Å². The summed E-state index contributed by atoms with van der Waals surface area (Å²) in [5.41, 5.74) is 1.51. The van der Waals surface area contributed by atoms with Gasteiger partial charge in [-0.1, -0.05) is 11.6 Å². The molecule has 0 spiro atoms. The van der Waals surface area contributed by atoms with Crippen LogP contribution >= 0.6 is 11.6 Å². The molecule has 2 rings (SSSR count). The maximum atomic E-state index is 9.49. The lowest BCUT2D eigenvalue weighted by atomic mass is 10.1. The standard InChI is InChI=1S/C13H15ClN2O2/c1-8(2)18-12-5-4-9(6-10(12)14)11-7-13(17)16(3)15-11/h4-8,17H,1-3H3. The lowest BCUT2D eigenvalue weighted by Crippen LogP contribution is -2.05. The first-order chi connectivity index (χ1) is 8.47. The maximum absolute atomic E-state index is 9.49. The van der Waals surface area contributed by atoms with Crippen LogP contribution in [0.4, 0.5) is 0 Å². The Kier molecular flexibility index (Phi) is 3.48. The molecule has 1 N–H and O–H groups in total. The van der Waals surface area contributed by atoms with Crippen LogP contribution < -0.4 is 4.74 Å². The largest absolute Gasteiger partial charge is 0.493 e. The normalized spacial score (nSPS) is 10.9. The van der Waals surface area contributed by atoms with E-state index in [1.807, 2.05) is 26.0 Å². The summed E-state index contributed by atoms with van der Waals surface area (Å²) >= 11 is 6.15. The summed E-state index contributed by atoms with van der Waals surface area (Å²) < 4.78 is 6.96. The number of benzene rings is 1. The van der Waals surface area contributed by atoms with Crippen molar-refractivity contribution in [3.63, 3.8) is 0 Å². The summed E-state index contributed by atoms with van der Waals surface area (Å²) in [4.78, 5) is 0. The molecular formula is C13H15ClN2O2. The van der Waals surface area contributed by atoms with Gasteiger partial charge in [-0.15, -0.1) is 0 Å². The molecule has 2 aromatic rings. The molecule has 0 aliphatic carbocycles. The Hall–Kier alpha value is -1.68. The topological polar surface area (TPSA) is 47.3 Å². The van der Waals surface area contributed by atoms with Crippen molar-refractivity contribution in [1.29, 1.82) is 0 Å². The SMILES string of the molecule is CC(C)Oc1ccc(-c2cc(O)n(C)n2)cc1Cl. The van der Waals surface area contributed by atoms with Crippen molar-refractivity contribution >= 4 is 11.6 Å². The Bertz CT molecular complexity index is 545. The quantitative estimate of drug-likeness (QED) is 0.928. The number of nitrogens with zero attached hydrogens (tertiary/aromatic N) is 2. The zero-order chi connectivity index (χ0) is 13.3. The predicted octanol–water partition coefficient (Wildman–Crippen LogP) is 3.23. The van der Waals surface area contributed by atoms with E-state index in [1.165, 1.54) is 4.68 Å². The van der Waals surface area contributed by atoms with Crippen molar-refractivity contribution in [3.8, 4) is 22.9 Å². The van der Waals surface area contributed by atoms with Crippen molar-refractivity contribution in [2.75, 3.05) is 0 Å². The van der Waals surface area contributed by atoms with Crippen molar-refractivity contribution in [1.82, 2.24) is 9.78 Å². The van der Waals surface area contributed by atoms with E-state index in [0.29, 0.717) is 16.5 Å². The van der Waals surface area contributed by atoms with Gasteiger partial charge in [-0.25, -0.2) is 4.68 Å². The summed E-state index contributed by atoms with van der Waals surface area (Å²) in [5.74, 6) is 0.763. The van der Waals surface area contributed by atoms with E-state index >= 15 is 0 Å². The number of halogens is 1. The van der Waals surface area contributed by atoms with E-state index < -0.39 is 0 Å². The molecule has 0 fully saturated rings. The third-order valence-corrected chi connectivity index (χ3v) is 2.74. The molecule has 0 unspecified atom stereocenters. The highest BCUT2D eigenvalue weighted by Gasteiger charge is 2.10. The first-order valence-electron chi connectivity index (χ1n) is 5.67. The number of ether oxygens (including phenoxy) is 1. The molecule has 0 saturated carbocycles. The Labute approximate surface area is 111 Å². The molecule has 0 atom stereocenters. The van der Waals surface area contributed by atoms with Crippen molar-refractivity contribution < 1.29 is 9.84 Å². The zero-order valence-corrected chi connectivity index (χ0v) is 11.3. The van der Waals surface area contributed by atoms with E-state index in [9.17, 15) is 5.11 Å². The molecule has 0 amide bonds. The van der Waals surface area contributed by atoms with Crippen LogP contribution in [0.2, 0.25) is 5.02 Å². The lowest BCUT2D eigenvalue weighted by Gasteiger charge is -2.11. The van der Waals surface area contributed by atoms with Gasteiger partial charge in [-0.3, -0.25) is 0 Å². The van der Waals surface area contributed by atoms with Crippen molar-refractivity contribution in [2.24, 2.45) is 7.05 Å². The van der Waals surface area contributed by atoms with Gasteiger partial charge in [0.25, 0.3) is 0 Å². The average Bonchev–Trinajstić information content (AvgIpc) is 2.62. The molecule has 0 radical (unpaired) electrons. The van der Waals surface area contributed by atoms with Crippen molar-refractivity contribution in [2.45, 2.75) is 20.0 Å². The highest BCUT2D eigenvalue weighted by molar-refractivity contribution is 6.32. The van der Waals surface area contributed by atoms with Gasteiger partial charge in [0.1, 0.15) is 5.75 Å². The van der Waals surface area contributed by atoms with Gasteiger partial charge in [0, 0.05) is 18.7 Å². The van der Waals surface area contributed by atoms with E-state index in [-0.39, 0.29) is 12.0 Å². The molecule has 0 aliphatic rings. The second-order valence-electron chi connectivity index (χ2n) is 4.32. The van der Waals surface area contributed by atoms with E-state index in [1.54, 1.807) is 19.2 Å². The van der Waals surface area contributed by atoms with Crippen LogP contribution in [0.3, 0.4) is 0 Å². The number of aromatic hydroxyl groups is 1. The molecule has 18 heavy (non-hydrogen) atoms. The molecule has 4 nitrogen and oxygen atoms in total. The molecule has 1 aromatic carbocycles. The second kappa shape index (κ2) is 4.90. The van der Waals surface area contributed by atoms with Gasteiger partial charge in [0.15, 0.2) is 0 Å². The molecule has 0 aliphatic heterocycles. The smallest absolute Gasteiger partial charge is 0.209 e. The number of hydrogen-bond acceptors (Lipinski definition) is 3. The number of aromatic nitrogens is 2. The van der Waals surface area contributed by atoms with Gasteiger partial charge in [-0.05, 0) is 32.0 Å². The Balaban J connectivity index is 2.33. The fraction of sp³-hybridized carbons (Fsp3) is 0.308. The maximum Gasteiger partial charge on any atom is 0.209 e. The molecule has 0 saturated heterocycles. The number of rotatable bonds is 3. The lowest BCUT2D eigenvalue weighted by molar-refractivity contribution is 0.242. The highest BCUT2D eigenvalue weighted by Crippen LogP contribution is 2.31. The van der Waals surface area contributed by atoms with E-state index in [4.69, 9.17) is 16.3 Å². The average molecular weight is 267 g/mol. The van der Waals surface area contributed by atoms with Gasteiger partial charge < -0.3 is 9.84 Å². The van der Waals surface area contributed by atoms with Crippen LogP contribution in [0.25, 0.3) is 11.3 Å². The minimum Gasteiger partial charge on any atom is -0.493 e. The molecule has 1 aromatic heterocycles.